The van der Waals surface area contributed by atoms with Crippen molar-refractivity contribution in [1.82, 2.24) is 0 Å². The summed E-state index contributed by atoms with van der Waals surface area (Å²) in [5, 5.41) is 1.73. The fraction of sp³-hybridized carbons (Fsp3) is 0.273. The van der Waals surface area contributed by atoms with E-state index < -0.39 is 10.0 Å². The van der Waals surface area contributed by atoms with Gasteiger partial charge in [0.1, 0.15) is 5.75 Å². The van der Waals surface area contributed by atoms with Gasteiger partial charge in [0.2, 0.25) is 0 Å². The number of fused-ring (bicyclic) bond motifs is 1. The summed E-state index contributed by atoms with van der Waals surface area (Å²) in [6.45, 7) is 2.16. The molecule has 0 atom stereocenters. The fourth-order valence-corrected chi connectivity index (χ4v) is 4.64. The van der Waals surface area contributed by atoms with Crippen LogP contribution in [0.3, 0.4) is 0 Å². The summed E-state index contributed by atoms with van der Waals surface area (Å²) in [6, 6.07) is 16.2. The highest BCUT2D eigenvalue weighted by molar-refractivity contribution is 9.10. The van der Waals surface area contributed by atoms with Gasteiger partial charge in [0, 0.05) is 15.2 Å². The molecule has 6 heteroatoms. The maximum Gasteiger partial charge on any atom is 0.261 e. The normalized spacial score (nSPS) is 11.5. The van der Waals surface area contributed by atoms with Crippen molar-refractivity contribution in [2.75, 3.05) is 11.8 Å². The van der Waals surface area contributed by atoms with Gasteiger partial charge in [0.05, 0.1) is 17.7 Å². The molecule has 3 aromatic rings. The highest BCUT2D eigenvalue weighted by Crippen LogP contribution is 2.37. The molecule has 0 aliphatic carbocycles. The zero-order valence-corrected chi connectivity index (χ0v) is 18.4. The lowest BCUT2D eigenvalue weighted by Crippen LogP contribution is -2.13. The number of rotatable bonds is 8. The average molecular weight is 462 g/mol. The van der Waals surface area contributed by atoms with Crippen molar-refractivity contribution >= 4 is 42.4 Å². The van der Waals surface area contributed by atoms with Crippen LogP contribution < -0.4 is 9.46 Å². The Balaban J connectivity index is 2.07. The molecule has 0 amide bonds. The molecule has 0 saturated heterocycles. The summed E-state index contributed by atoms with van der Waals surface area (Å²) in [4.78, 5) is 0.225. The number of hydrogen-bond acceptors (Lipinski definition) is 3. The molecular formula is C22H24BrNO3S. The minimum absolute atomic E-state index is 0.225. The third kappa shape index (κ3) is 4.50. The van der Waals surface area contributed by atoms with Crippen LogP contribution in [0.5, 0.6) is 5.75 Å². The van der Waals surface area contributed by atoms with Gasteiger partial charge in [0.25, 0.3) is 10.0 Å². The van der Waals surface area contributed by atoms with E-state index in [2.05, 4.69) is 27.6 Å². The van der Waals surface area contributed by atoms with Crippen LogP contribution in [0.4, 0.5) is 5.69 Å². The van der Waals surface area contributed by atoms with Crippen LogP contribution in [0.15, 0.2) is 64.0 Å². The van der Waals surface area contributed by atoms with Gasteiger partial charge in [-0.3, -0.25) is 4.72 Å². The Morgan fingerprint density at radius 1 is 1.00 bits per heavy atom. The average Bonchev–Trinajstić information content (AvgIpc) is 2.68. The molecule has 3 rings (SSSR count). The van der Waals surface area contributed by atoms with E-state index >= 15 is 0 Å². The van der Waals surface area contributed by atoms with E-state index in [0.717, 1.165) is 52.2 Å². The molecule has 0 spiro atoms. The monoisotopic (exact) mass is 461 g/mol. The van der Waals surface area contributed by atoms with Crippen molar-refractivity contribution in [3.05, 3.63) is 64.6 Å². The van der Waals surface area contributed by atoms with Crippen molar-refractivity contribution in [2.24, 2.45) is 0 Å². The number of methoxy groups -OCH3 is 1. The first kappa shape index (κ1) is 20.7. The number of halogens is 1. The molecule has 1 N–H and O–H groups in total. The summed E-state index contributed by atoms with van der Waals surface area (Å²) >= 11 is 3.34. The highest BCUT2D eigenvalue weighted by atomic mass is 79.9. The van der Waals surface area contributed by atoms with E-state index in [9.17, 15) is 8.42 Å². The molecule has 0 bridgehead atoms. The lowest BCUT2D eigenvalue weighted by atomic mass is 9.99. The number of benzene rings is 3. The van der Waals surface area contributed by atoms with E-state index in [1.165, 1.54) is 0 Å². The first-order valence-corrected chi connectivity index (χ1v) is 11.6. The van der Waals surface area contributed by atoms with Crippen molar-refractivity contribution in [3.8, 4) is 5.75 Å². The standard InChI is InChI=1S/C22H24BrNO3S/c1-3-4-5-8-16-15-21(19-9-6-7-10-20(19)22(16)27-2)24-28(25,26)18-13-11-17(23)12-14-18/h6-7,9-15,24H,3-5,8H2,1-2H3. The summed E-state index contributed by atoms with van der Waals surface area (Å²) < 4.78 is 35.2. The molecule has 28 heavy (non-hydrogen) atoms. The van der Waals surface area contributed by atoms with Crippen molar-refractivity contribution < 1.29 is 13.2 Å². The summed E-state index contributed by atoms with van der Waals surface area (Å²) in [5.41, 5.74) is 1.59. The predicted octanol–water partition coefficient (Wildman–Crippen LogP) is 6.14. The van der Waals surface area contributed by atoms with Gasteiger partial charge >= 0.3 is 0 Å². The molecule has 0 heterocycles. The third-order valence-corrected chi connectivity index (χ3v) is 6.60. The van der Waals surface area contributed by atoms with Crippen LogP contribution in [0.25, 0.3) is 10.8 Å². The molecule has 148 valence electrons. The van der Waals surface area contributed by atoms with E-state index in [0.29, 0.717) is 5.69 Å². The van der Waals surface area contributed by atoms with Crippen LogP contribution in [0.1, 0.15) is 31.7 Å². The molecule has 0 aliphatic heterocycles. The van der Waals surface area contributed by atoms with Crippen LogP contribution in [0.2, 0.25) is 0 Å². The Morgan fingerprint density at radius 2 is 1.68 bits per heavy atom. The zero-order valence-electron chi connectivity index (χ0n) is 16.0. The van der Waals surface area contributed by atoms with E-state index in [4.69, 9.17) is 4.74 Å². The largest absolute Gasteiger partial charge is 0.496 e. The topological polar surface area (TPSA) is 55.4 Å². The lowest BCUT2D eigenvalue weighted by Gasteiger charge is -2.17. The zero-order chi connectivity index (χ0) is 20.1. The molecule has 0 aromatic heterocycles. The Hall–Kier alpha value is -2.05. The van der Waals surface area contributed by atoms with Crippen molar-refractivity contribution in [1.29, 1.82) is 0 Å². The van der Waals surface area contributed by atoms with Gasteiger partial charge in [-0.25, -0.2) is 8.42 Å². The van der Waals surface area contributed by atoms with Crippen LogP contribution in [0, 0.1) is 0 Å². The first-order chi connectivity index (χ1) is 13.5. The quantitative estimate of drug-likeness (QED) is 0.409. The van der Waals surface area contributed by atoms with Gasteiger partial charge in [0.15, 0.2) is 0 Å². The number of unbranched alkanes of at least 4 members (excludes halogenated alkanes) is 2. The minimum Gasteiger partial charge on any atom is -0.496 e. The van der Waals surface area contributed by atoms with Crippen molar-refractivity contribution in [3.63, 3.8) is 0 Å². The highest BCUT2D eigenvalue weighted by Gasteiger charge is 2.18. The number of anilines is 1. The smallest absolute Gasteiger partial charge is 0.261 e. The molecule has 4 nitrogen and oxygen atoms in total. The fourth-order valence-electron chi connectivity index (χ4n) is 3.30. The van der Waals surface area contributed by atoms with E-state index in [-0.39, 0.29) is 4.90 Å². The summed E-state index contributed by atoms with van der Waals surface area (Å²) in [7, 11) is -2.03. The predicted molar refractivity (Wildman–Crippen MR) is 119 cm³/mol. The van der Waals surface area contributed by atoms with Crippen LogP contribution in [-0.2, 0) is 16.4 Å². The second-order valence-electron chi connectivity index (χ2n) is 6.68. The number of sulfonamides is 1. The molecule has 3 aromatic carbocycles. The van der Waals surface area contributed by atoms with Crippen LogP contribution >= 0.6 is 15.9 Å². The van der Waals surface area contributed by atoms with Gasteiger partial charge in [-0.05, 0) is 48.7 Å². The van der Waals surface area contributed by atoms with Gasteiger partial charge in [-0.1, -0.05) is 60.0 Å². The first-order valence-electron chi connectivity index (χ1n) is 9.33. The number of aryl methyl sites for hydroxylation is 1. The molecule has 0 fully saturated rings. The molecule has 0 aliphatic rings. The second-order valence-corrected chi connectivity index (χ2v) is 9.28. The van der Waals surface area contributed by atoms with Gasteiger partial charge < -0.3 is 4.74 Å². The Labute approximate surface area is 175 Å². The summed E-state index contributed by atoms with van der Waals surface area (Å²) in [6.07, 6.45) is 4.12. The molecular weight excluding hydrogens is 438 g/mol. The maximum absolute atomic E-state index is 12.9. The second kappa shape index (κ2) is 8.97. The van der Waals surface area contributed by atoms with E-state index in [1.54, 1.807) is 31.4 Å². The third-order valence-electron chi connectivity index (χ3n) is 4.69. The number of ether oxygens (including phenoxy) is 1. The van der Waals surface area contributed by atoms with Crippen LogP contribution in [-0.4, -0.2) is 15.5 Å². The maximum atomic E-state index is 12.9. The number of hydrogen-bond donors (Lipinski definition) is 1. The molecule has 0 radical (unpaired) electrons. The Kier molecular flexibility index (Phi) is 6.62. The van der Waals surface area contributed by atoms with E-state index in [1.807, 2.05) is 30.3 Å². The molecule has 0 unspecified atom stereocenters. The molecule has 0 saturated carbocycles. The van der Waals surface area contributed by atoms with Crippen molar-refractivity contribution in [2.45, 2.75) is 37.5 Å². The minimum atomic E-state index is -3.69. The Bertz CT molecular complexity index is 1060. The summed E-state index contributed by atoms with van der Waals surface area (Å²) in [5.74, 6) is 0.818. The SMILES string of the molecule is CCCCCc1cc(NS(=O)(=O)c2ccc(Br)cc2)c2ccccc2c1OC. The van der Waals surface area contributed by atoms with Gasteiger partial charge in [-0.2, -0.15) is 0 Å². The van der Waals surface area contributed by atoms with Gasteiger partial charge in [-0.15, -0.1) is 0 Å². The lowest BCUT2D eigenvalue weighted by molar-refractivity contribution is 0.414. The Morgan fingerprint density at radius 3 is 2.32 bits per heavy atom. The number of nitrogens with one attached hydrogen (secondary N) is 1.